The van der Waals surface area contributed by atoms with Crippen LogP contribution in [0.4, 0.5) is 0 Å². The Morgan fingerprint density at radius 2 is 2.27 bits per heavy atom. The number of benzene rings is 1. The van der Waals surface area contributed by atoms with Gasteiger partial charge < -0.3 is 14.9 Å². The number of ether oxygens (including phenoxy) is 1. The zero-order valence-corrected chi connectivity index (χ0v) is 8.86. The van der Waals surface area contributed by atoms with E-state index in [9.17, 15) is 9.90 Å². The first kappa shape index (κ1) is 11.8. The average Bonchev–Trinajstić information content (AvgIpc) is 2.15. The van der Waals surface area contributed by atoms with Crippen molar-refractivity contribution in [3.8, 4) is 5.75 Å². The summed E-state index contributed by atoms with van der Waals surface area (Å²) >= 11 is 5.74. The smallest absolute Gasteiger partial charge is 0.341 e. The molecule has 0 aromatic heterocycles. The molecule has 0 saturated heterocycles. The number of carbonyl (C=O) groups is 1. The number of hydrogen-bond acceptors (Lipinski definition) is 3. The van der Waals surface area contributed by atoms with Crippen molar-refractivity contribution in [3.63, 3.8) is 0 Å². The summed E-state index contributed by atoms with van der Waals surface area (Å²) in [6, 6.07) is 4.65. The standard InChI is InChI=1S/C10H11ClO4/c1-6(12)8-4-7(11)2-3-9(8)15-5-10(13)14/h2-4,6,12H,5H2,1H3,(H,13,14). The summed E-state index contributed by atoms with van der Waals surface area (Å²) in [6.07, 6.45) is -0.757. The summed E-state index contributed by atoms with van der Waals surface area (Å²) in [5.41, 5.74) is 0.476. The highest BCUT2D eigenvalue weighted by Crippen LogP contribution is 2.28. The predicted molar refractivity (Wildman–Crippen MR) is 55.2 cm³/mol. The number of aliphatic carboxylic acids is 1. The van der Waals surface area contributed by atoms with Crippen molar-refractivity contribution < 1.29 is 19.7 Å². The minimum Gasteiger partial charge on any atom is -0.482 e. The van der Waals surface area contributed by atoms with Gasteiger partial charge in [-0.1, -0.05) is 11.6 Å². The Morgan fingerprint density at radius 1 is 1.60 bits per heavy atom. The van der Waals surface area contributed by atoms with Crippen LogP contribution in [0.5, 0.6) is 5.75 Å². The van der Waals surface area contributed by atoms with Gasteiger partial charge in [0.1, 0.15) is 5.75 Å². The van der Waals surface area contributed by atoms with Gasteiger partial charge in [-0.05, 0) is 25.1 Å². The van der Waals surface area contributed by atoms with Crippen LogP contribution in [0.15, 0.2) is 18.2 Å². The summed E-state index contributed by atoms with van der Waals surface area (Å²) in [6.45, 7) is 1.11. The fourth-order valence-electron chi connectivity index (χ4n) is 1.12. The molecular weight excluding hydrogens is 220 g/mol. The Labute approximate surface area is 92.1 Å². The maximum Gasteiger partial charge on any atom is 0.341 e. The Bertz CT molecular complexity index is 362. The first-order valence-corrected chi connectivity index (χ1v) is 4.70. The van der Waals surface area contributed by atoms with Gasteiger partial charge in [-0.15, -0.1) is 0 Å². The van der Waals surface area contributed by atoms with Crippen LogP contribution in [0.25, 0.3) is 0 Å². The molecule has 15 heavy (non-hydrogen) atoms. The lowest BCUT2D eigenvalue weighted by atomic mass is 10.1. The summed E-state index contributed by atoms with van der Waals surface area (Å²) < 4.78 is 5.00. The van der Waals surface area contributed by atoms with E-state index in [1.54, 1.807) is 19.1 Å². The zero-order valence-electron chi connectivity index (χ0n) is 8.11. The third-order valence-corrected chi connectivity index (χ3v) is 2.01. The van der Waals surface area contributed by atoms with Crippen LogP contribution in [-0.2, 0) is 4.79 Å². The molecule has 1 unspecified atom stereocenters. The van der Waals surface area contributed by atoms with Crippen LogP contribution in [0, 0.1) is 0 Å². The van der Waals surface area contributed by atoms with Crippen molar-refractivity contribution in [1.29, 1.82) is 0 Å². The summed E-state index contributed by atoms with van der Waals surface area (Å²) in [5, 5.41) is 18.3. The fourth-order valence-corrected chi connectivity index (χ4v) is 1.30. The van der Waals surface area contributed by atoms with Crippen molar-refractivity contribution in [2.75, 3.05) is 6.61 Å². The van der Waals surface area contributed by atoms with Crippen LogP contribution >= 0.6 is 11.6 Å². The van der Waals surface area contributed by atoms with Gasteiger partial charge in [0.2, 0.25) is 0 Å². The van der Waals surface area contributed by atoms with E-state index in [0.717, 1.165) is 0 Å². The Balaban J connectivity index is 2.90. The van der Waals surface area contributed by atoms with Crippen molar-refractivity contribution in [2.45, 2.75) is 13.0 Å². The highest BCUT2D eigenvalue weighted by Gasteiger charge is 2.10. The molecule has 1 aromatic rings. The first-order valence-electron chi connectivity index (χ1n) is 4.33. The number of carboxylic acids is 1. The second kappa shape index (κ2) is 5.00. The molecule has 0 fully saturated rings. The third kappa shape index (κ3) is 3.42. The number of aliphatic hydroxyl groups is 1. The number of aliphatic hydroxyl groups excluding tert-OH is 1. The molecule has 0 amide bonds. The second-order valence-electron chi connectivity index (χ2n) is 3.04. The third-order valence-electron chi connectivity index (χ3n) is 1.77. The van der Waals surface area contributed by atoms with Crippen LogP contribution in [0.2, 0.25) is 5.02 Å². The number of halogens is 1. The topological polar surface area (TPSA) is 66.8 Å². The zero-order chi connectivity index (χ0) is 11.4. The van der Waals surface area contributed by atoms with Gasteiger partial charge in [0.05, 0.1) is 6.10 Å². The van der Waals surface area contributed by atoms with E-state index in [4.69, 9.17) is 21.4 Å². The lowest BCUT2D eigenvalue weighted by molar-refractivity contribution is -0.139. The first-order chi connectivity index (χ1) is 7.00. The van der Waals surface area contributed by atoms with E-state index in [0.29, 0.717) is 16.3 Å². The molecule has 0 aliphatic rings. The minimum atomic E-state index is -1.07. The molecule has 82 valence electrons. The molecule has 5 heteroatoms. The van der Waals surface area contributed by atoms with E-state index in [1.807, 2.05) is 0 Å². The van der Waals surface area contributed by atoms with Gasteiger partial charge in [-0.3, -0.25) is 0 Å². The Kier molecular flexibility index (Phi) is 3.94. The van der Waals surface area contributed by atoms with Crippen LogP contribution in [0.1, 0.15) is 18.6 Å². The maximum absolute atomic E-state index is 10.3. The highest BCUT2D eigenvalue weighted by molar-refractivity contribution is 6.30. The molecule has 0 radical (unpaired) electrons. The predicted octanol–water partition coefficient (Wildman–Crippen LogP) is 1.86. The maximum atomic E-state index is 10.3. The second-order valence-corrected chi connectivity index (χ2v) is 3.48. The van der Waals surface area contributed by atoms with Crippen LogP contribution in [0.3, 0.4) is 0 Å². The number of hydrogen-bond donors (Lipinski definition) is 2. The van der Waals surface area contributed by atoms with Crippen LogP contribution < -0.4 is 4.74 Å². The van der Waals surface area contributed by atoms with Gasteiger partial charge in [0, 0.05) is 10.6 Å². The lowest BCUT2D eigenvalue weighted by Crippen LogP contribution is -2.11. The van der Waals surface area contributed by atoms with E-state index in [1.165, 1.54) is 6.07 Å². The van der Waals surface area contributed by atoms with Crippen molar-refractivity contribution in [3.05, 3.63) is 28.8 Å². The summed E-state index contributed by atoms with van der Waals surface area (Å²) in [4.78, 5) is 10.3. The lowest BCUT2D eigenvalue weighted by Gasteiger charge is -2.12. The van der Waals surface area contributed by atoms with Gasteiger partial charge in [0.25, 0.3) is 0 Å². The van der Waals surface area contributed by atoms with Crippen molar-refractivity contribution in [2.24, 2.45) is 0 Å². The van der Waals surface area contributed by atoms with Crippen molar-refractivity contribution >= 4 is 17.6 Å². The van der Waals surface area contributed by atoms with E-state index < -0.39 is 18.7 Å². The van der Waals surface area contributed by atoms with Crippen molar-refractivity contribution in [1.82, 2.24) is 0 Å². The monoisotopic (exact) mass is 230 g/mol. The molecule has 1 atom stereocenters. The molecule has 1 aromatic carbocycles. The molecule has 1 rings (SSSR count). The molecular formula is C10H11ClO4. The molecule has 0 aliphatic carbocycles. The fraction of sp³-hybridized carbons (Fsp3) is 0.300. The number of rotatable bonds is 4. The van der Waals surface area contributed by atoms with Gasteiger partial charge in [-0.2, -0.15) is 0 Å². The molecule has 0 spiro atoms. The summed E-state index contributed by atoms with van der Waals surface area (Å²) in [5.74, 6) is -0.738. The molecule has 0 aliphatic heterocycles. The van der Waals surface area contributed by atoms with Gasteiger partial charge >= 0.3 is 5.97 Å². The van der Waals surface area contributed by atoms with E-state index >= 15 is 0 Å². The number of carboxylic acid groups (broad SMARTS) is 1. The normalized spacial score (nSPS) is 12.2. The Morgan fingerprint density at radius 3 is 2.80 bits per heavy atom. The Hall–Kier alpha value is -1.26. The molecule has 0 heterocycles. The van der Waals surface area contributed by atoms with Gasteiger partial charge in [-0.25, -0.2) is 4.79 Å². The molecule has 4 nitrogen and oxygen atoms in total. The van der Waals surface area contributed by atoms with E-state index in [2.05, 4.69) is 0 Å². The van der Waals surface area contributed by atoms with Crippen LogP contribution in [-0.4, -0.2) is 22.8 Å². The van der Waals surface area contributed by atoms with Gasteiger partial charge in [0.15, 0.2) is 6.61 Å². The molecule has 2 N–H and O–H groups in total. The quantitative estimate of drug-likeness (QED) is 0.829. The average molecular weight is 231 g/mol. The minimum absolute atomic E-state index is 0.330. The molecule has 0 saturated carbocycles. The highest BCUT2D eigenvalue weighted by atomic mass is 35.5. The largest absolute Gasteiger partial charge is 0.482 e. The molecule has 0 bridgehead atoms. The SMILES string of the molecule is CC(O)c1cc(Cl)ccc1OCC(=O)O. The van der Waals surface area contributed by atoms with E-state index in [-0.39, 0.29) is 0 Å². The summed E-state index contributed by atoms with van der Waals surface area (Å²) in [7, 11) is 0.